The van der Waals surface area contributed by atoms with Crippen LogP contribution in [0.25, 0.3) is 0 Å². The van der Waals surface area contributed by atoms with Crippen molar-refractivity contribution in [3.05, 3.63) is 47.5 Å². The van der Waals surface area contributed by atoms with Crippen LogP contribution in [0.5, 0.6) is 17.2 Å². The van der Waals surface area contributed by atoms with Crippen molar-refractivity contribution in [3.8, 4) is 17.2 Å². The van der Waals surface area contributed by atoms with Crippen LogP contribution in [0.3, 0.4) is 0 Å². The number of hydrogen-bond donors (Lipinski definition) is 1. The molecular weight excluding hydrogens is 408 g/mol. The summed E-state index contributed by atoms with van der Waals surface area (Å²) >= 11 is 0. The van der Waals surface area contributed by atoms with Crippen LogP contribution in [0.2, 0.25) is 0 Å². The molecule has 0 bridgehead atoms. The molecule has 1 amide bonds. The number of amides is 1. The number of nitrogens with one attached hydrogen (secondary N) is 1. The number of carbonyl (C=O) groups excluding carboxylic acids is 1. The maximum Gasteiger partial charge on any atom is 0.243 e. The first-order chi connectivity index (χ1) is 14.1. The molecule has 0 saturated heterocycles. The molecule has 9 heteroatoms. The van der Waals surface area contributed by atoms with E-state index in [1.807, 2.05) is 6.92 Å². The van der Waals surface area contributed by atoms with Gasteiger partial charge in [0.25, 0.3) is 0 Å². The molecule has 0 spiro atoms. The highest BCUT2D eigenvalue weighted by atomic mass is 32.2. The van der Waals surface area contributed by atoms with E-state index in [1.54, 1.807) is 43.3 Å². The number of benzene rings is 2. The van der Waals surface area contributed by atoms with Crippen LogP contribution < -0.4 is 23.8 Å². The molecule has 2 rings (SSSR count). The van der Waals surface area contributed by atoms with Gasteiger partial charge in [-0.15, -0.1) is 0 Å². The van der Waals surface area contributed by atoms with Crippen molar-refractivity contribution in [2.75, 3.05) is 31.9 Å². The summed E-state index contributed by atoms with van der Waals surface area (Å²) < 4.78 is 41.8. The van der Waals surface area contributed by atoms with E-state index in [2.05, 4.69) is 5.32 Å². The molecule has 0 radical (unpaired) electrons. The maximum atomic E-state index is 12.8. The average molecular weight is 437 g/mol. The van der Waals surface area contributed by atoms with Crippen LogP contribution in [0, 0.1) is 6.92 Å². The van der Waals surface area contributed by atoms with Crippen LogP contribution in [0.15, 0.2) is 36.4 Å². The number of sulfonamides is 1. The number of aryl methyl sites for hydroxylation is 1. The number of ether oxygens (including phenoxy) is 3. The van der Waals surface area contributed by atoms with Crippen LogP contribution in [0.4, 0.5) is 5.69 Å². The third-order valence-corrected chi connectivity index (χ3v) is 5.81. The summed E-state index contributed by atoms with van der Waals surface area (Å²) in [7, 11) is 0.850. The summed E-state index contributed by atoms with van der Waals surface area (Å²) in [6.07, 6.45) is 1.08. The molecule has 30 heavy (non-hydrogen) atoms. The van der Waals surface area contributed by atoms with Gasteiger partial charge in [-0.25, -0.2) is 8.42 Å². The molecule has 0 saturated carbocycles. The van der Waals surface area contributed by atoms with Gasteiger partial charge in [0, 0.05) is 6.54 Å². The first-order valence-electron chi connectivity index (χ1n) is 9.25. The standard InChI is InChI=1S/C21H28N2O6S/c1-14-7-9-17(10-8-14)23(30(6,25)26)15(2)21(24)22-13-16-11-18(27-3)20(29-5)19(12-16)28-4/h7-12,15H,13H2,1-6H3,(H,22,24)/t15-/m0/s1. The quantitative estimate of drug-likeness (QED) is 0.649. The summed E-state index contributed by atoms with van der Waals surface area (Å²) in [6.45, 7) is 3.61. The fourth-order valence-electron chi connectivity index (χ4n) is 3.07. The van der Waals surface area contributed by atoms with Crippen molar-refractivity contribution >= 4 is 21.6 Å². The average Bonchev–Trinajstić information content (AvgIpc) is 2.71. The van der Waals surface area contributed by atoms with Crippen LogP contribution in [-0.2, 0) is 21.4 Å². The van der Waals surface area contributed by atoms with E-state index in [1.165, 1.54) is 21.3 Å². The third-order valence-electron chi connectivity index (χ3n) is 4.57. The van der Waals surface area contributed by atoms with Gasteiger partial charge >= 0.3 is 0 Å². The number of anilines is 1. The van der Waals surface area contributed by atoms with Gasteiger partial charge in [0.1, 0.15) is 6.04 Å². The molecule has 2 aromatic carbocycles. The Balaban J connectivity index is 2.23. The topological polar surface area (TPSA) is 94.2 Å². The number of methoxy groups -OCH3 is 3. The molecule has 1 atom stereocenters. The molecule has 0 fully saturated rings. The second kappa shape index (κ2) is 9.71. The van der Waals surface area contributed by atoms with Gasteiger partial charge in [-0.2, -0.15) is 0 Å². The molecule has 0 aliphatic carbocycles. The van der Waals surface area contributed by atoms with Crippen molar-refractivity contribution in [1.29, 1.82) is 0 Å². The number of carbonyl (C=O) groups is 1. The summed E-state index contributed by atoms with van der Waals surface area (Å²) in [5.74, 6) is 0.943. The highest BCUT2D eigenvalue weighted by molar-refractivity contribution is 7.92. The Labute approximate surface area is 177 Å². The van der Waals surface area contributed by atoms with Gasteiger partial charge in [-0.1, -0.05) is 17.7 Å². The zero-order valence-electron chi connectivity index (χ0n) is 18.1. The summed E-state index contributed by atoms with van der Waals surface area (Å²) in [6, 6.07) is 9.46. The van der Waals surface area contributed by atoms with E-state index in [4.69, 9.17) is 14.2 Å². The van der Waals surface area contributed by atoms with Gasteiger partial charge in [0.2, 0.25) is 21.7 Å². The Bertz CT molecular complexity index is 964. The van der Waals surface area contributed by atoms with Gasteiger partial charge in [-0.05, 0) is 43.7 Å². The molecular formula is C21H28N2O6S. The molecule has 0 aromatic heterocycles. The predicted octanol–water partition coefficient (Wildman–Crippen LogP) is 2.49. The summed E-state index contributed by atoms with van der Waals surface area (Å²) in [5.41, 5.74) is 2.14. The lowest BCUT2D eigenvalue weighted by Gasteiger charge is -2.28. The lowest BCUT2D eigenvalue weighted by Crippen LogP contribution is -2.47. The normalized spacial score (nSPS) is 12.1. The van der Waals surface area contributed by atoms with E-state index in [0.717, 1.165) is 16.1 Å². The Morgan fingerprint density at radius 1 is 1.03 bits per heavy atom. The van der Waals surface area contributed by atoms with Crippen molar-refractivity contribution in [2.24, 2.45) is 0 Å². The summed E-state index contributed by atoms with van der Waals surface area (Å²) in [5, 5.41) is 2.78. The monoisotopic (exact) mass is 436 g/mol. The minimum absolute atomic E-state index is 0.158. The molecule has 0 unspecified atom stereocenters. The fourth-order valence-corrected chi connectivity index (χ4v) is 4.25. The lowest BCUT2D eigenvalue weighted by molar-refractivity contribution is -0.122. The first-order valence-corrected chi connectivity index (χ1v) is 11.1. The van der Waals surface area contributed by atoms with Crippen molar-refractivity contribution < 1.29 is 27.4 Å². The van der Waals surface area contributed by atoms with Crippen LogP contribution in [0.1, 0.15) is 18.1 Å². The largest absolute Gasteiger partial charge is 0.493 e. The van der Waals surface area contributed by atoms with Crippen molar-refractivity contribution in [3.63, 3.8) is 0 Å². The minimum atomic E-state index is -3.67. The maximum absolute atomic E-state index is 12.8. The van der Waals surface area contributed by atoms with Crippen LogP contribution in [-0.4, -0.2) is 48.0 Å². The highest BCUT2D eigenvalue weighted by Gasteiger charge is 2.29. The third kappa shape index (κ3) is 5.35. The predicted molar refractivity (Wildman–Crippen MR) is 116 cm³/mol. The van der Waals surface area contributed by atoms with Gasteiger partial charge in [0.05, 0.1) is 33.3 Å². The molecule has 0 aliphatic rings. The number of rotatable bonds is 9. The molecule has 8 nitrogen and oxygen atoms in total. The van der Waals surface area contributed by atoms with Gasteiger partial charge in [0.15, 0.2) is 11.5 Å². The van der Waals surface area contributed by atoms with Crippen molar-refractivity contribution in [1.82, 2.24) is 5.32 Å². The second-order valence-corrected chi connectivity index (χ2v) is 8.68. The Morgan fingerprint density at radius 3 is 2.00 bits per heavy atom. The van der Waals surface area contributed by atoms with E-state index >= 15 is 0 Å². The van der Waals surface area contributed by atoms with Crippen LogP contribution >= 0.6 is 0 Å². The Hall–Kier alpha value is -2.94. The molecule has 0 heterocycles. The summed E-state index contributed by atoms with van der Waals surface area (Å²) in [4.78, 5) is 12.8. The van der Waals surface area contributed by atoms with E-state index in [0.29, 0.717) is 28.5 Å². The highest BCUT2D eigenvalue weighted by Crippen LogP contribution is 2.38. The smallest absolute Gasteiger partial charge is 0.243 e. The molecule has 0 aliphatic heterocycles. The fraction of sp³-hybridized carbons (Fsp3) is 0.381. The molecule has 164 valence electrons. The Kier molecular flexibility index (Phi) is 7.55. The van der Waals surface area contributed by atoms with E-state index < -0.39 is 22.0 Å². The molecule has 1 N–H and O–H groups in total. The SMILES string of the molecule is COc1cc(CNC(=O)[C@H](C)N(c2ccc(C)cc2)S(C)(=O)=O)cc(OC)c1OC. The Morgan fingerprint density at radius 2 is 1.57 bits per heavy atom. The van der Waals surface area contributed by atoms with Gasteiger partial charge < -0.3 is 19.5 Å². The van der Waals surface area contributed by atoms with E-state index in [9.17, 15) is 13.2 Å². The number of nitrogens with zero attached hydrogens (tertiary/aromatic N) is 1. The lowest BCUT2D eigenvalue weighted by atomic mass is 10.1. The zero-order valence-corrected chi connectivity index (χ0v) is 18.9. The minimum Gasteiger partial charge on any atom is -0.493 e. The second-order valence-electron chi connectivity index (χ2n) is 6.82. The van der Waals surface area contributed by atoms with E-state index in [-0.39, 0.29) is 6.54 Å². The van der Waals surface area contributed by atoms with Gasteiger partial charge in [-0.3, -0.25) is 9.10 Å². The zero-order chi connectivity index (χ0) is 22.5. The first kappa shape index (κ1) is 23.3. The van der Waals surface area contributed by atoms with Crippen molar-refractivity contribution in [2.45, 2.75) is 26.4 Å². The molecule has 2 aromatic rings. The number of hydrogen-bond acceptors (Lipinski definition) is 6.